The predicted molar refractivity (Wildman–Crippen MR) is 94.3 cm³/mol. The molecule has 0 bridgehead atoms. The number of hydrazine groups is 1. The number of benzene rings is 2. The van der Waals surface area contributed by atoms with Gasteiger partial charge in [0.05, 0.1) is 21.4 Å². The van der Waals surface area contributed by atoms with Gasteiger partial charge in [-0.05, 0) is 48.7 Å². The van der Waals surface area contributed by atoms with Crippen LogP contribution in [0.15, 0.2) is 24.3 Å². The van der Waals surface area contributed by atoms with Gasteiger partial charge in [-0.25, -0.2) is 0 Å². The summed E-state index contributed by atoms with van der Waals surface area (Å²) in [7, 11) is 0. The van der Waals surface area contributed by atoms with Crippen LogP contribution in [0.5, 0.6) is 0 Å². The molecule has 6 heteroatoms. The minimum atomic E-state index is 0.527. The Morgan fingerprint density at radius 3 is 1.86 bits per heavy atom. The summed E-state index contributed by atoms with van der Waals surface area (Å²) in [4.78, 5) is 0. The van der Waals surface area contributed by atoms with Crippen LogP contribution < -0.4 is 10.9 Å². The zero-order valence-electron chi connectivity index (χ0n) is 11.5. The van der Waals surface area contributed by atoms with E-state index < -0.39 is 0 Å². The summed E-state index contributed by atoms with van der Waals surface area (Å²) in [6, 6.07) is 7.20. The molecule has 0 radical (unpaired) electrons. The minimum absolute atomic E-state index is 0.527. The molecule has 112 valence electrons. The van der Waals surface area contributed by atoms with Crippen LogP contribution in [0.4, 0.5) is 11.4 Å². The summed E-state index contributed by atoms with van der Waals surface area (Å²) < 4.78 is 0. The lowest BCUT2D eigenvalue weighted by Gasteiger charge is -2.15. The zero-order valence-corrected chi connectivity index (χ0v) is 14.6. The molecule has 0 amide bonds. The summed E-state index contributed by atoms with van der Waals surface area (Å²) in [5.74, 6) is 0. The van der Waals surface area contributed by atoms with Gasteiger partial charge in [-0.3, -0.25) is 10.9 Å². The van der Waals surface area contributed by atoms with Gasteiger partial charge in [-0.15, -0.1) is 0 Å². The highest BCUT2D eigenvalue weighted by molar-refractivity contribution is 6.37. The second kappa shape index (κ2) is 6.97. The second-order valence-electron chi connectivity index (χ2n) is 4.61. The first kappa shape index (κ1) is 16.6. The molecule has 21 heavy (non-hydrogen) atoms. The summed E-state index contributed by atoms with van der Waals surface area (Å²) >= 11 is 24.5. The highest BCUT2D eigenvalue weighted by atomic mass is 35.5. The van der Waals surface area contributed by atoms with Crippen LogP contribution in [0.1, 0.15) is 18.1 Å². The van der Waals surface area contributed by atoms with Crippen LogP contribution in [-0.4, -0.2) is 0 Å². The van der Waals surface area contributed by atoms with E-state index in [9.17, 15) is 0 Å². The van der Waals surface area contributed by atoms with E-state index in [1.807, 2.05) is 26.0 Å². The average Bonchev–Trinajstić information content (AvgIpc) is 2.43. The van der Waals surface area contributed by atoms with Crippen molar-refractivity contribution in [2.45, 2.75) is 20.3 Å². The first-order chi connectivity index (χ1) is 9.92. The Balaban J connectivity index is 2.22. The molecular weight excluding hydrogens is 350 g/mol. The molecule has 2 aromatic carbocycles. The second-order valence-corrected chi connectivity index (χ2v) is 6.24. The predicted octanol–water partition coefficient (Wildman–Crippen LogP) is 6.61. The lowest BCUT2D eigenvalue weighted by Crippen LogP contribution is -2.10. The number of aryl methyl sites for hydroxylation is 2. The highest BCUT2D eigenvalue weighted by Gasteiger charge is 2.08. The fourth-order valence-electron chi connectivity index (χ4n) is 1.85. The number of hydrogen-bond acceptors (Lipinski definition) is 2. The molecule has 0 saturated heterocycles. The summed E-state index contributed by atoms with van der Waals surface area (Å²) in [6.45, 7) is 3.94. The van der Waals surface area contributed by atoms with Crippen LogP contribution in [0.25, 0.3) is 0 Å². The first-order valence-electron chi connectivity index (χ1n) is 6.38. The van der Waals surface area contributed by atoms with Gasteiger partial charge in [0.15, 0.2) is 0 Å². The van der Waals surface area contributed by atoms with Gasteiger partial charge in [0, 0.05) is 10.0 Å². The van der Waals surface area contributed by atoms with Crippen molar-refractivity contribution >= 4 is 57.8 Å². The standard InChI is InChI=1S/C15H14Cl4N2/c1-3-9-5-15(13(19)7-11(9)17)21-20-14-4-8(2)10(16)6-12(14)18/h4-7,20-21H,3H2,1-2H3. The van der Waals surface area contributed by atoms with Gasteiger partial charge in [0.1, 0.15) is 0 Å². The topological polar surface area (TPSA) is 24.1 Å². The lowest BCUT2D eigenvalue weighted by atomic mass is 10.1. The highest BCUT2D eigenvalue weighted by Crippen LogP contribution is 2.32. The Morgan fingerprint density at radius 2 is 1.29 bits per heavy atom. The number of hydrogen-bond donors (Lipinski definition) is 2. The van der Waals surface area contributed by atoms with E-state index in [1.165, 1.54) is 0 Å². The van der Waals surface area contributed by atoms with Crippen LogP contribution in [0.2, 0.25) is 20.1 Å². The summed E-state index contributed by atoms with van der Waals surface area (Å²) in [6.07, 6.45) is 0.825. The van der Waals surface area contributed by atoms with E-state index in [-0.39, 0.29) is 0 Å². The normalized spacial score (nSPS) is 10.6. The molecule has 0 fully saturated rings. The largest absolute Gasteiger partial charge is 0.299 e. The first-order valence-corrected chi connectivity index (χ1v) is 7.89. The molecule has 2 N–H and O–H groups in total. The van der Waals surface area contributed by atoms with Crippen molar-refractivity contribution in [2.24, 2.45) is 0 Å². The molecule has 0 aliphatic rings. The van der Waals surface area contributed by atoms with Crippen molar-refractivity contribution < 1.29 is 0 Å². The van der Waals surface area contributed by atoms with Gasteiger partial charge < -0.3 is 0 Å². The third-order valence-corrected chi connectivity index (χ3v) is 4.48. The van der Waals surface area contributed by atoms with E-state index in [0.29, 0.717) is 20.1 Å². The third kappa shape index (κ3) is 3.89. The number of halogens is 4. The van der Waals surface area contributed by atoms with Crippen LogP contribution in [0, 0.1) is 6.92 Å². The van der Waals surface area contributed by atoms with Crippen LogP contribution >= 0.6 is 46.4 Å². The van der Waals surface area contributed by atoms with E-state index >= 15 is 0 Å². The van der Waals surface area contributed by atoms with Crippen molar-refractivity contribution in [3.05, 3.63) is 55.5 Å². The van der Waals surface area contributed by atoms with E-state index in [0.717, 1.165) is 28.9 Å². The molecule has 0 spiro atoms. The molecule has 0 unspecified atom stereocenters. The van der Waals surface area contributed by atoms with Gasteiger partial charge >= 0.3 is 0 Å². The fourth-order valence-corrected chi connectivity index (χ4v) is 2.84. The van der Waals surface area contributed by atoms with Gasteiger partial charge in [-0.2, -0.15) is 0 Å². The molecule has 0 aliphatic carbocycles. The number of nitrogens with one attached hydrogen (secondary N) is 2. The molecule has 0 aromatic heterocycles. The Bertz CT molecular complexity index is 671. The lowest BCUT2D eigenvalue weighted by molar-refractivity contribution is 1.14. The Labute approximate surface area is 144 Å². The SMILES string of the molecule is CCc1cc(NNc2cc(C)c(Cl)cc2Cl)c(Cl)cc1Cl. The molecule has 0 aliphatic heterocycles. The molecule has 0 atom stereocenters. The smallest absolute Gasteiger partial charge is 0.0729 e. The minimum Gasteiger partial charge on any atom is -0.299 e. The van der Waals surface area contributed by atoms with Crippen LogP contribution in [-0.2, 0) is 6.42 Å². The summed E-state index contributed by atoms with van der Waals surface area (Å²) in [5.41, 5.74) is 9.50. The van der Waals surface area contributed by atoms with Crippen molar-refractivity contribution in [1.82, 2.24) is 0 Å². The van der Waals surface area contributed by atoms with Gasteiger partial charge in [0.2, 0.25) is 0 Å². The molecule has 2 rings (SSSR count). The van der Waals surface area contributed by atoms with E-state index in [1.54, 1.807) is 12.1 Å². The number of rotatable bonds is 4. The Kier molecular flexibility index (Phi) is 5.50. The third-order valence-electron chi connectivity index (χ3n) is 3.10. The average molecular weight is 364 g/mol. The van der Waals surface area contributed by atoms with E-state index in [2.05, 4.69) is 10.9 Å². The number of anilines is 2. The quantitative estimate of drug-likeness (QED) is 0.597. The zero-order chi connectivity index (χ0) is 15.6. The van der Waals surface area contributed by atoms with Crippen LogP contribution in [0.3, 0.4) is 0 Å². The van der Waals surface area contributed by atoms with Gasteiger partial charge in [0.25, 0.3) is 0 Å². The Hall–Kier alpha value is -0.800. The van der Waals surface area contributed by atoms with Crippen molar-refractivity contribution in [3.63, 3.8) is 0 Å². The van der Waals surface area contributed by atoms with Crippen molar-refractivity contribution in [3.8, 4) is 0 Å². The van der Waals surface area contributed by atoms with Crippen molar-refractivity contribution in [2.75, 3.05) is 10.9 Å². The molecule has 0 saturated carbocycles. The van der Waals surface area contributed by atoms with E-state index in [4.69, 9.17) is 46.4 Å². The maximum absolute atomic E-state index is 6.18. The monoisotopic (exact) mass is 362 g/mol. The van der Waals surface area contributed by atoms with Crippen molar-refractivity contribution in [1.29, 1.82) is 0 Å². The molecule has 2 aromatic rings. The maximum atomic E-state index is 6.18. The fraction of sp³-hybridized carbons (Fsp3) is 0.200. The molecule has 0 heterocycles. The maximum Gasteiger partial charge on any atom is 0.0729 e. The molecular formula is C15H14Cl4N2. The summed E-state index contributed by atoms with van der Waals surface area (Å²) in [5, 5.41) is 2.35. The van der Waals surface area contributed by atoms with Gasteiger partial charge in [-0.1, -0.05) is 53.3 Å². The Morgan fingerprint density at radius 1 is 0.762 bits per heavy atom. The molecule has 2 nitrogen and oxygen atoms in total.